The summed E-state index contributed by atoms with van der Waals surface area (Å²) in [6.45, 7) is 0. The SMILES string of the molecule is C1=CC(c2ccccc2)OC1c1ccccc1. The van der Waals surface area contributed by atoms with E-state index >= 15 is 0 Å². The van der Waals surface area contributed by atoms with Crippen LogP contribution in [0.3, 0.4) is 0 Å². The molecule has 0 saturated carbocycles. The second kappa shape index (κ2) is 4.56. The standard InChI is InChI=1S/C16H14O/c1-3-7-13(8-4-1)15-11-12-16(17-15)14-9-5-2-6-10-14/h1-12,15-16H. The molecule has 84 valence electrons. The molecule has 2 atom stereocenters. The number of ether oxygens (including phenoxy) is 1. The van der Waals surface area contributed by atoms with Crippen molar-refractivity contribution in [3.05, 3.63) is 83.9 Å². The van der Waals surface area contributed by atoms with Crippen LogP contribution in [0.5, 0.6) is 0 Å². The van der Waals surface area contributed by atoms with Crippen LogP contribution in [0.15, 0.2) is 72.8 Å². The van der Waals surface area contributed by atoms with E-state index in [1.807, 2.05) is 36.4 Å². The van der Waals surface area contributed by atoms with Gasteiger partial charge in [0.05, 0.1) is 0 Å². The van der Waals surface area contributed by atoms with E-state index in [1.165, 1.54) is 11.1 Å². The van der Waals surface area contributed by atoms with Crippen molar-refractivity contribution in [3.8, 4) is 0 Å². The summed E-state index contributed by atoms with van der Waals surface area (Å²) in [5, 5.41) is 0. The fraction of sp³-hybridized carbons (Fsp3) is 0.125. The first-order valence-corrected chi connectivity index (χ1v) is 5.87. The van der Waals surface area contributed by atoms with Gasteiger partial charge < -0.3 is 4.74 Å². The maximum absolute atomic E-state index is 6.02. The van der Waals surface area contributed by atoms with E-state index in [1.54, 1.807) is 0 Å². The molecular formula is C16H14O. The molecule has 1 heterocycles. The van der Waals surface area contributed by atoms with Crippen LogP contribution in [0.25, 0.3) is 0 Å². The summed E-state index contributed by atoms with van der Waals surface area (Å²) in [7, 11) is 0. The molecule has 0 spiro atoms. The Morgan fingerprint density at radius 2 is 1.00 bits per heavy atom. The maximum atomic E-state index is 6.02. The molecule has 1 aliphatic heterocycles. The van der Waals surface area contributed by atoms with Crippen molar-refractivity contribution in [2.75, 3.05) is 0 Å². The van der Waals surface area contributed by atoms with Crippen LogP contribution in [-0.4, -0.2) is 0 Å². The Labute approximate surface area is 101 Å². The first-order chi connectivity index (χ1) is 8.43. The van der Waals surface area contributed by atoms with Crippen molar-refractivity contribution in [2.24, 2.45) is 0 Å². The van der Waals surface area contributed by atoms with Gasteiger partial charge in [-0.1, -0.05) is 72.8 Å². The normalized spacial score (nSPS) is 22.8. The fourth-order valence-electron chi connectivity index (χ4n) is 2.12. The predicted octanol–water partition coefficient (Wildman–Crippen LogP) is 4.06. The first-order valence-electron chi connectivity index (χ1n) is 5.87. The first kappa shape index (κ1) is 10.3. The van der Waals surface area contributed by atoms with Crippen molar-refractivity contribution in [2.45, 2.75) is 12.2 Å². The van der Waals surface area contributed by atoms with Crippen molar-refractivity contribution in [1.82, 2.24) is 0 Å². The molecule has 0 N–H and O–H groups in total. The largest absolute Gasteiger partial charge is 0.357 e. The summed E-state index contributed by atoms with van der Waals surface area (Å²) in [6.07, 6.45) is 4.43. The van der Waals surface area contributed by atoms with Crippen molar-refractivity contribution in [1.29, 1.82) is 0 Å². The molecule has 0 aromatic heterocycles. The molecule has 0 fully saturated rings. The van der Waals surface area contributed by atoms with Gasteiger partial charge in [-0.25, -0.2) is 0 Å². The third kappa shape index (κ3) is 2.15. The highest BCUT2D eigenvalue weighted by molar-refractivity contribution is 5.28. The van der Waals surface area contributed by atoms with Gasteiger partial charge in [0.1, 0.15) is 12.2 Å². The van der Waals surface area contributed by atoms with Crippen molar-refractivity contribution >= 4 is 0 Å². The van der Waals surface area contributed by atoms with E-state index in [-0.39, 0.29) is 12.2 Å². The lowest BCUT2D eigenvalue weighted by atomic mass is 10.1. The zero-order valence-electron chi connectivity index (χ0n) is 9.49. The summed E-state index contributed by atoms with van der Waals surface area (Å²) >= 11 is 0. The zero-order chi connectivity index (χ0) is 11.5. The van der Waals surface area contributed by atoms with E-state index in [4.69, 9.17) is 4.74 Å². The van der Waals surface area contributed by atoms with Crippen LogP contribution in [0, 0.1) is 0 Å². The maximum Gasteiger partial charge on any atom is 0.102 e. The average molecular weight is 222 g/mol. The van der Waals surface area contributed by atoms with E-state index in [2.05, 4.69) is 36.4 Å². The molecule has 17 heavy (non-hydrogen) atoms. The van der Waals surface area contributed by atoms with Gasteiger partial charge in [0, 0.05) is 0 Å². The Balaban J connectivity index is 1.78. The molecule has 1 nitrogen and oxygen atoms in total. The molecule has 0 saturated heterocycles. The molecular weight excluding hydrogens is 208 g/mol. The van der Waals surface area contributed by atoms with Crippen LogP contribution in [0.4, 0.5) is 0 Å². The molecule has 3 rings (SSSR count). The van der Waals surface area contributed by atoms with E-state index in [9.17, 15) is 0 Å². The fourth-order valence-corrected chi connectivity index (χ4v) is 2.12. The third-order valence-electron chi connectivity index (χ3n) is 3.01. The van der Waals surface area contributed by atoms with Gasteiger partial charge >= 0.3 is 0 Å². The Bertz CT molecular complexity index is 454. The van der Waals surface area contributed by atoms with Gasteiger partial charge in [-0.2, -0.15) is 0 Å². The molecule has 2 unspecified atom stereocenters. The van der Waals surface area contributed by atoms with Gasteiger partial charge in [-0.05, 0) is 11.1 Å². The van der Waals surface area contributed by atoms with E-state index in [0.29, 0.717) is 0 Å². The number of rotatable bonds is 2. The number of hydrogen-bond donors (Lipinski definition) is 0. The highest BCUT2D eigenvalue weighted by atomic mass is 16.5. The highest BCUT2D eigenvalue weighted by Crippen LogP contribution is 2.34. The van der Waals surface area contributed by atoms with Crippen LogP contribution in [0.2, 0.25) is 0 Å². The monoisotopic (exact) mass is 222 g/mol. The minimum atomic E-state index is 0.0846. The molecule has 0 radical (unpaired) electrons. The van der Waals surface area contributed by atoms with Gasteiger partial charge in [0.2, 0.25) is 0 Å². The van der Waals surface area contributed by atoms with Crippen molar-refractivity contribution < 1.29 is 4.74 Å². The molecule has 2 aromatic rings. The minimum Gasteiger partial charge on any atom is -0.357 e. The lowest BCUT2D eigenvalue weighted by Gasteiger charge is -2.14. The molecule has 1 aliphatic rings. The Kier molecular flexibility index (Phi) is 2.76. The summed E-state index contributed by atoms with van der Waals surface area (Å²) < 4.78 is 6.02. The minimum absolute atomic E-state index is 0.0846. The second-order valence-corrected chi connectivity index (χ2v) is 4.18. The van der Waals surface area contributed by atoms with Crippen LogP contribution in [0.1, 0.15) is 23.3 Å². The second-order valence-electron chi connectivity index (χ2n) is 4.18. The summed E-state index contributed by atoms with van der Waals surface area (Å²) in [5.41, 5.74) is 2.42. The quantitative estimate of drug-likeness (QED) is 0.696. The molecule has 2 aromatic carbocycles. The Hall–Kier alpha value is -1.86. The lowest BCUT2D eigenvalue weighted by Crippen LogP contribution is -2.00. The summed E-state index contributed by atoms with van der Waals surface area (Å²) in [6, 6.07) is 20.6. The third-order valence-corrected chi connectivity index (χ3v) is 3.01. The number of benzene rings is 2. The smallest absolute Gasteiger partial charge is 0.102 e. The van der Waals surface area contributed by atoms with Crippen LogP contribution in [-0.2, 0) is 4.74 Å². The summed E-state index contributed by atoms with van der Waals surface area (Å²) in [5.74, 6) is 0. The average Bonchev–Trinajstić information content (AvgIpc) is 2.90. The summed E-state index contributed by atoms with van der Waals surface area (Å²) in [4.78, 5) is 0. The highest BCUT2D eigenvalue weighted by Gasteiger charge is 2.21. The van der Waals surface area contributed by atoms with Gasteiger partial charge in [0.15, 0.2) is 0 Å². The van der Waals surface area contributed by atoms with Crippen LogP contribution < -0.4 is 0 Å². The predicted molar refractivity (Wildman–Crippen MR) is 68.6 cm³/mol. The van der Waals surface area contributed by atoms with Gasteiger partial charge in [0.25, 0.3) is 0 Å². The molecule has 0 bridgehead atoms. The molecule has 1 heteroatoms. The van der Waals surface area contributed by atoms with Crippen LogP contribution >= 0.6 is 0 Å². The lowest BCUT2D eigenvalue weighted by molar-refractivity contribution is 0.0603. The Morgan fingerprint density at radius 1 is 0.588 bits per heavy atom. The number of hydrogen-bond acceptors (Lipinski definition) is 1. The topological polar surface area (TPSA) is 9.23 Å². The van der Waals surface area contributed by atoms with E-state index < -0.39 is 0 Å². The van der Waals surface area contributed by atoms with Gasteiger partial charge in [-0.3, -0.25) is 0 Å². The molecule has 0 amide bonds. The Morgan fingerprint density at radius 3 is 1.41 bits per heavy atom. The zero-order valence-corrected chi connectivity index (χ0v) is 9.49. The van der Waals surface area contributed by atoms with Crippen molar-refractivity contribution in [3.63, 3.8) is 0 Å². The molecule has 0 aliphatic carbocycles. The van der Waals surface area contributed by atoms with Gasteiger partial charge in [-0.15, -0.1) is 0 Å². The van der Waals surface area contributed by atoms with E-state index in [0.717, 1.165) is 0 Å².